The number of carbonyl (C=O) groups excluding carboxylic acids is 2. The van der Waals surface area contributed by atoms with E-state index in [0.29, 0.717) is 22.2 Å². The van der Waals surface area contributed by atoms with Crippen LogP contribution in [0.1, 0.15) is 16.7 Å². The highest BCUT2D eigenvalue weighted by Gasteiger charge is 2.41. The van der Waals surface area contributed by atoms with Gasteiger partial charge in [-0.05, 0) is 49.1 Å². The first-order chi connectivity index (χ1) is 13.9. The summed E-state index contributed by atoms with van der Waals surface area (Å²) in [6, 6.07) is 15.1. The van der Waals surface area contributed by atoms with Gasteiger partial charge in [0.05, 0.1) is 10.9 Å². The molecule has 0 aromatic heterocycles. The molecule has 1 fully saturated rings. The molecule has 0 unspecified atom stereocenters. The molecule has 1 N–H and O–H groups in total. The molecule has 2 amide bonds. The van der Waals surface area contributed by atoms with Crippen LogP contribution in [0.2, 0.25) is 5.02 Å². The number of anilines is 1. The average molecular weight is 426 g/mol. The largest absolute Gasteiger partial charge is 0.354 e. The van der Waals surface area contributed by atoms with Crippen LogP contribution in [0.25, 0.3) is 0 Å². The van der Waals surface area contributed by atoms with E-state index in [-0.39, 0.29) is 11.5 Å². The van der Waals surface area contributed by atoms with Gasteiger partial charge >= 0.3 is 0 Å². The van der Waals surface area contributed by atoms with E-state index in [0.717, 1.165) is 16.7 Å². The lowest BCUT2D eigenvalue weighted by Gasteiger charge is -2.20. The van der Waals surface area contributed by atoms with E-state index < -0.39 is 11.2 Å². The van der Waals surface area contributed by atoms with Crippen LogP contribution in [-0.2, 0) is 16.0 Å². The second kappa shape index (κ2) is 8.73. The molecule has 148 valence electrons. The number of nitrogens with one attached hydrogen (secondary N) is 1. The van der Waals surface area contributed by atoms with Gasteiger partial charge in [-0.1, -0.05) is 53.7 Å². The predicted octanol–water partition coefficient (Wildman–Crippen LogP) is 4.13. The number of halogens is 1. The molecule has 2 aromatic carbocycles. The number of amides is 2. The van der Waals surface area contributed by atoms with E-state index in [4.69, 9.17) is 11.6 Å². The van der Waals surface area contributed by atoms with E-state index in [1.807, 2.05) is 62.4 Å². The summed E-state index contributed by atoms with van der Waals surface area (Å²) in [4.78, 5) is 27.1. The third kappa shape index (κ3) is 4.16. The van der Waals surface area contributed by atoms with E-state index in [1.165, 1.54) is 23.7 Å². The Bertz CT molecular complexity index is 1060. The van der Waals surface area contributed by atoms with Crippen molar-refractivity contribution in [2.75, 3.05) is 11.9 Å². The van der Waals surface area contributed by atoms with Crippen molar-refractivity contribution in [2.45, 2.75) is 25.5 Å². The van der Waals surface area contributed by atoms with Crippen LogP contribution in [0, 0.1) is 25.2 Å². The maximum absolute atomic E-state index is 13.4. The molecule has 1 heterocycles. The van der Waals surface area contributed by atoms with E-state index in [9.17, 15) is 14.9 Å². The molecule has 29 heavy (non-hydrogen) atoms. The first-order valence-electron chi connectivity index (χ1n) is 9.05. The van der Waals surface area contributed by atoms with E-state index in [1.54, 1.807) is 0 Å². The van der Waals surface area contributed by atoms with Gasteiger partial charge in [0.1, 0.15) is 16.7 Å². The quantitative estimate of drug-likeness (QED) is 0.590. The molecule has 7 heteroatoms. The summed E-state index contributed by atoms with van der Waals surface area (Å²) in [5, 5.41) is 12.6. The van der Waals surface area contributed by atoms with Crippen molar-refractivity contribution in [1.82, 2.24) is 5.32 Å². The molecule has 0 saturated carbocycles. The molecule has 3 rings (SSSR count). The maximum atomic E-state index is 13.4. The molecule has 1 aliphatic rings. The van der Waals surface area contributed by atoms with Gasteiger partial charge in [0.25, 0.3) is 5.91 Å². The number of carbonyl (C=O) groups is 2. The van der Waals surface area contributed by atoms with Crippen molar-refractivity contribution in [1.29, 1.82) is 5.26 Å². The Kier molecular flexibility index (Phi) is 6.31. The van der Waals surface area contributed by atoms with Crippen LogP contribution in [0.15, 0.2) is 53.1 Å². The first-order valence-corrected chi connectivity index (χ1v) is 10.3. The van der Waals surface area contributed by atoms with Gasteiger partial charge in [0.2, 0.25) is 5.91 Å². The number of nitriles is 1. The van der Waals surface area contributed by atoms with Gasteiger partial charge in [-0.3, -0.25) is 14.5 Å². The summed E-state index contributed by atoms with van der Waals surface area (Å²) >= 11 is 7.48. The monoisotopic (exact) mass is 425 g/mol. The van der Waals surface area contributed by atoms with Crippen LogP contribution < -0.4 is 10.2 Å². The van der Waals surface area contributed by atoms with Gasteiger partial charge in [0, 0.05) is 12.1 Å². The summed E-state index contributed by atoms with van der Waals surface area (Å²) < 4.78 is 0. The Morgan fingerprint density at radius 1 is 1.24 bits per heavy atom. The molecule has 1 aliphatic heterocycles. The lowest BCUT2D eigenvalue weighted by molar-refractivity contribution is -0.117. The lowest BCUT2D eigenvalue weighted by atomic mass is 10.1. The number of likely N-dealkylation sites (N-methyl/N-ethyl adjacent to an activating group) is 1. The van der Waals surface area contributed by atoms with Gasteiger partial charge in [-0.15, -0.1) is 0 Å². The minimum atomic E-state index is -0.514. The molecule has 2 aromatic rings. The SMILES string of the molecule is CNC(=O)/C(C#N)=C1\S[C@H](Cc2ccc(C)c(Cl)c2)C(=O)N1c1ccccc1C. The Morgan fingerprint density at radius 3 is 2.59 bits per heavy atom. The van der Waals surface area contributed by atoms with Crippen molar-refractivity contribution in [3.05, 3.63) is 74.8 Å². The molecule has 0 aliphatic carbocycles. The third-order valence-corrected chi connectivity index (χ3v) is 6.42. The van der Waals surface area contributed by atoms with Crippen molar-refractivity contribution >= 4 is 40.9 Å². The van der Waals surface area contributed by atoms with Gasteiger partial charge < -0.3 is 5.32 Å². The van der Waals surface area contributed by atoms with Crippen molar-refractivity contribution < 1.29 is 9.59 Å². The van der Waals surface area contributed by atoms with E-state index in [2.05, 4.69) is 5.32 Å². The van der Waals surface area contributed by atoms with Crippen LogP contribution in [0.5, 0.6) is 0 Å². The minimum Gasteiger partial charge on any atom is -0.354 e. The maximum Gasteiger partial charge on any atom is 0.264 e. The number of para-hydroxylation sites is 1. The smallest absolute Gasteiger partial charge is 0.264 e. The molecule has 0 bridgehead atoms. The predicted molar refractivity (Wildman–Crippen MR) is 117 cm³/mol. The van der Waals surface area contributed by atoms with Gasteiger partial charge in [-0.25, -0.2) is 0 Å². The van der Waals surface area contributed by atoms with Crippen molar-refractivity contribution in [2.24, 2.45) is 0 Å². The molecule has 5 nitrogen and oxygen atoms in total. The number of hydrogen-bond donors (Lipinski definition) is 1. The fourth-order valence-electron chi connectivity index (χ4n) is 3.12. The Hall–Kier alpha value is -2.75. The first kappa shape index (κ1) is 21.0. The molecule has 0 spiro atoms. The highest BCUT2D eigenvalue weighted by atomic mass is 35.5. The zero-order valence-electron chi connectivity index (χ0n) is 16.3. The highest BCUT2D eigenvalue weighted by molar-refractivity contribution is 8.05. The fraction of sp³-hybridized carbons (Fsp3) is 0.227. The molecule has 1 atom stereocenters. The molecular weight excluding hydrogens is 406 g/mol. The normalized spacial score (nSPS) is 17.8. The van der Waals surface area contributed by atoms with Crippen LogP contribution in [-0.4, -0.2) is 24.1 Å². The second-order valence-electron chi connectivity index (χ2n) is 6.73. The summed E-state index contributed by atoms with van der Waals surface area (Å²) in [7, 11) is 1.46. The van der Waals surface area contributed by atoms with Gasteiger partial charge in [-0.2, -0.15) is 5.26 Å². The number of nitrogens with zero attached hydrogens (tertiary/aromatic N) is 2. The second-order valence-corrected chi connectivity index (χ2v) is 8.32. The van der Waals surface area contributed by atoms with Crippen LogP contribution in [0.3, 0.4) is 0 Å². The summed E-state index contributed by atoms with van der Waals surface area (Å²) in [5.41, 5.74) is 3.37. The Labute approximate surface area is 179 Å². The standard InChI is InChI=1S/C22H20ClN3O2S/c1-13-8-9-15(10-17(13)23)11-19-21(28)26(18-7-5-4-6-14(18)2)22(29-19)16(12-24)20(27)25-3/h4-10,19H,11H2,1-3H3,(H,25,27)/b22-16-/t19-/m1/s1. The molecule has 0 radical (unpaired) electrons. The molecule has 1 saturated heterocycles. The van der Waals surface area contributed by atoms with Crippen LogP contribution >= 0.6 is 23.4 Å². The zero-order valence-corrected chi connectivity index (χ0v) is 17.9. The number of aryl methyl sites for hydroxylation is 2. The minimum absolute atomic E-state index is 0.0708. The average Bonchev–Trinajstić information content (AvgIpc) is 3.01. The fourth-order valence-corrected chi connectivity index (χ4v) is 4.63. The van der Waals surface area contributed by atoms with Crippen molar-refractivity contribution in [3.8, 4) is 6.07 Å². The number of rotatable bonds is 4. The zero-order chi connectivity index (χ0) is 21.1. The Balaban J connectivity index is 2.07. The number of thioether (sulfide) groups is 1. The topological polar surface area (TPSA) is 73.2 Å². The summed E-state index contributed by atoms with van der Waals surface area (Å²) in [6.45, 7) is 3.81. The highest BCUT2D eigenvalue weighted by Crippen LogP contribution is 2.43. The van der Waals surface area contributed by atoms with Crippen LogP contribution in [0.4, 0.5) is 5.69 Å². The number of benzene rings is 2. The summed E-state index contributed by atoms with van der Waals surface area (Å²) in [5.74, 6) is -0.673. The van der Waals surface area contributed by atoms with Gasteiger partial charge in [0.15, 0.2) is 0 Å². The van der Waals surface area contributed by atoms with Crippen molar-refractivity contribution in [3.63, 3.8) is 0 Å². The van der Waals surface area contributed by atoms with E-state index >= 15 is 0 Å². The summed E-state index contributed by atoms with van der Waals surface area (Å²) in [6.07, 6.45) is 0.446. The Morgan fingerprint density at radius 2 is 1.97 bits per heavy atom. The molecular formula is C22H20ClN3O2S. The number of hydrogen-bond acceptors (Lipinski definition) is 4. The lowest BCUT2D eigenvalue weighted by Crippen LogP contribution is -2.31. The third-order valence-electron chi connectivity index (χ3n) is 4.75.